The highest BCUT2D eigenvalue weighted by molar-refractivity contribution is 4.94. The topological polar surface area (TPSA) is 29.5 Å². The van der Waals surface area contributed by atoms with Crippen LogP contribution in [-0.4, -0.2) is 29.6 Å². The standard InChI is InChI=1S/C19H31F3O2/c1-13(2)12-24-17(18(3,23)19(20,21)22)8-7-16-10-14-5-4-6-15(9-14)11-16/h14-17,23H,1,4-12H2,2-3H3. The van der Waals surface area contributed by atoms with Crippen molar-refractivity contribution < 1.29 is 23.0 Å². The number of fused-ring (bicyclic) bond motifs is 2. The zero-order chi connectivity index (χ0) is 18.0. The number of aliphatic hydroxyl groups is 1. The van der Waals surface area contributed by atoms with Crippen LogP contribution in [0.3, 0.4) is 0 Å². The molecule has 4 unspecified atom stereocenters. The van der Waals surface area contributed by atoms with Gasteiger partial charge in [0.05, 0.1) is 12.7 Å². The zero-order valence-corrected chi connectivity index (χ0v) is 14.9. The Morgan fingerprint density at radius 1 is 1.21 bits per heavy atom. The average molecular weight is 348 g/mol. The van der Waals surface area contributed by atoms with Crippen molar-refractivity contribution in [1.82, 2.24) is 0 Å². The van der Waals surface area contributed by atoms with E-state index in [1.54, 1.807) is 6.92 Å². The van der Waals surface area contributed by atoms with Crippen molar-refractivity contribution in [2.24, 2.45) is 17.8 Å². The lowest BCUT2D eigenvalue weighted by Gasteiger charge is -2.40. The van der Waals surface area contributed by atoms with E-state index in [0.717, 1.165) is 31.6 Å². The molecule has 2 fully saturated rings. The summed E-state index contributed by atoms with van der Waals surface area (Å²) in [4.78, 5) is 0. The SMILES string of the molecule is C=C(C)COC(CCC1CC2CCCC(C2)C1)C(C)(O)C(F)(F)F. The van der Waals surface area contributed by atoms with Crippen molar-refractivity contribution in [2.75, 3.05) is 6.61 Å². The molecule has 0 aromatic heterocycles. The Morgan fingerprint density at radius 3 is 2.29 bits per heavy atom. The summed E-state index contributed by atoms with van der Waals surface area (Å²) in [6.07, 6.45) is 2.37. The first-order valence-electron chi connectivity index (χ1n) is 9.14. The molecule has 2 nitrogen and oxygen atoms in total. The fourth-order valence-electron chi connectivity index (χ4n) is 4.44. The summed E-state index contributed by atoms with van der Waals surface area (Å²) >= 11 is 0. The Labute approximate surface area is 143 Å². The molecule has 4 atom stereocenters. The van der Waals surface area contributed by atoms with Gasteiger partial charge in [-0.2, -0.15) is 13.2 Å². The third-order valence-corrected chi connectivity index (χ3v) is 5.79. The molecule has 2 rings (SSSR count). The molecule has 0 aliphatic heterocycles. The van der Waals surface area contributed by atoms with Gasteiger partial charge in [-0.1, -0.05) is 31.4 Å². The summed E-state index contributed by atoms with van der Waals surface area (Å²) < 4.78 is 45.0. The number of hydrogen-bond donors (Lipinski definition) is 1. The van der Waals surface area contributed by atoms with Gasteiger partial charge < -0.3 is 9.84 Å². The van der Waals surface area contributed by atoms with E-state index < -0.39 is 17.9 Å². The number of rotatable bonds is 7. The third-order valence-electron chi connectivity index (χ3n) is 5.79. The van der Waals surface area contributed by atoms with Crippen molar-refractivity contribution in [1.29, 1.82) is 0 Å². The van der Waals surface area contributed by atoms with Crippen molar-refractivity contribution >= 4 is 0 Å². The molecule has 0 heterocycles. The molecule has 0 amide bonds. The van der Waals surface area contributed by atoms with E-state index in [1.807, 2.05) is 0 Å². The highest BCUT2D eigenvalue weighted by Gasteiger charge is 2.55. The van der Waals surface area contributed by atoms with Crippen molar-refractivity contribution in [2.45, 2.75) is 83.1 Å². The van der Waals surface area contributed by atoms with Gasteiger partial charge in [0.1, 0.15) is 0 Å². The molecule has 0 aromatic carbocycles. The van der Waals surface area contributed by atoms with Crippen LogP contribution in [0.15, 0.2) is 12.2 Å². The second-order valence-corrected chi connectivity index (χ2v) is 8.22. The van der Waals surface area contributed by atoms with Gasteiger partial charge in [-0.3, -0.25) is 0 Å². The zero-order valence-electron chi connectivity index (χ0n) is 14.9. The van der Waals surface area contributed by atoms with Crippen LogP contribution in [-0.2, 0) is 4.74 Å². The lowest BCUT2D eigenvalue weighted by atomic mass is 9.67. The maximum Gasteiger partial charge on any atom is 0.419 e. The number of ether oxygens (including phenoxy) is 1. The summed E-state index contributed by atoms with van der Waals surface area (Å²) in [5, 5.41) is 10.0. The van der Waals surface area contributed by atoms with Gasteiger partial charge in [-0.05, 0) is 63.7 Å². The summed E-state index contributed by atoms with van der Waals surface area (Å²) in [5.74, 6) is 1.97. The van der Waals surface area contributed by atoms with E-state index in [0.29, 0.717) is 17.9 Å². The first kappa shape index (κ1) is 19.8. The number of halogens is 3. The van der Waals surface area contributed by atoms with Crippen LogP contribution >= 0.6 is 0 Å². The van der Waals surface area contributed by atoms with E-state index in [1.165, 1.54) is 25.7 Å². The molecule has 2 aliphatic rings. The van der Waals surface area contributed by atoms with E-state index in [9.17, 15) is 18.3 Å². The largest absolute Gasteiger partial charge is 0.419 e. The van der Waals surface area contributed by atoms with E-state index >= 15 is 0 Å². The predicted octanol–water partition coefficient (Wildman–Crippen LogP) is 5.26. The van der Waals surface area contributed by atoms with Gasteiger partial charge in [-0.25, -0.2) is 0 Å². The molecule has 24 heavy (non-hydrogen) atoms. The van der Waals surface area contributed by atoms with Gasteiger partial charge in [0.25, 0.3) is 0 Å². The van der Waals surface area contributed by atoms with E-state index in [2.05, 4.69) is 6.58 Å². The molecule has 2 aliphatic carbocycles. The van der Waals surface area contributed by atoms with Crippen LogP contribution in [0, 0.1) is 17.8 Å². The van der Waals surface area contributed by atoms with Crippen molar-refractivity contribution in [3.63, 3.8) is 0 Å². The Kier molecular flexibility index (Phi) is 6.40. The molecule has 0 saturated heterocycles. The summed E-state index contributed by atoms with van der Waals surface area (Å²) in [6, 6.07) is 0. The molecule has 2 saturated carbocycles. The minimum Gasteiger partial charge on any atom is -0.379 e. The second-order valence-electron chi connectivity index (χ2n) is 8.22. The van der Waals surface area contributed by atoms with Crippen LogP contribution in [0.25, 0.3) is 0 Å². The molecular weight excluding hydrogens is 317 g/mol. The highest BCUT2D eigenvalue weighted by Crippen LogP contribution is 2.45. The number of alkyl halides is 3. The van der Waals surface area contributed by atoms with Gasteiger partial charge >= 0.3 is 6.18 Å². The van der Waals surface area contributed by atoms with Crippen LogP contribution in [0.4, 0.5) is 13.2 Å². The molecule has 140 valence electrons. The Morgan fingerprint density at radius 2 is 1.79 bits per heavy atom. The smallest absolute Gasteiger partial charge is 0.379 e. The summed E-state index contributed by atoms with van der Waals surface area (Å²) in [6.45, 7) is 6.26. The monoisotopic (exact) mass is 348 g/mol. The average Bonchev–Trinajstić information content (AvgIpc) is 2.45. The Balaban J connectivity index is 1.96. The third kappa shape index (κ3) is 4.98. The van der Waals surface area contributed by atoms with Crippen LogP contribution in [0.2, 0.25) is 0 Å². The maximum atomic E-state index is 13.2. The van der Waals surface area contributed by atoms with E-state index in [-0.39, 0.29) is 13.0 Å². The molecule has 5 heteroatoms. The summed E-state index contributed by atoms with van der Waals surface area (Å²) in [7, 11) is 0. The molecule has 0 spiro atoms. The minimum absolute atomic E-state index is 0.0484. The Hall–Kier alpha value is -0.550. The minimum atomic E-state index is -4.70. The van der Waals surface area contributed by atoms with Gasteiger partial charge in [0, 0.05) is 0 Å². The highest BCUT2D eigenvalue weighted by atomic mass is 19.4. The molecule has 1 N–H and O–H groups in total. The van der Waals surface area contributed by atoms with Gasteiger partial charge in [-0.15, -0.1) is 0 Å². The van der Waals surface area contributed by atoms with Gasteiger partial charge in [0.2, 0.25) is 0 Å². The van der Waals surface area contributed by atoms with Crippen LogP contribution < -0.4 is 0 Å². The quantitative estimate of drug-likeness (QED) is 0.636. The van der Waals surface area contributed by atoms with Crippen molar-refractivity contribution in [3.05, 3.63) is 12.2 Å². The van der Waals surface area contributed by atoms with Crippen LogP contribution in [0.5, 0.6) is 0 Å². The maximum absolute atomic E-state index is 13.2. The number of hydrogen-bond acceptors (Lipinski definition) is 2. The van der Waals surface area contributed by atoms with Gasteiger partial charge in [0.15, 0.2) is 5.60 Å². The van der Waals surface area contributed by atoms with Crippen molar-refractivity contribution in [3.8, 4) is 0 Å². The first-order chi connectivity index (χ1) is 11.1. The lowest BCUT2D eigenvalue weighted by molar-refractivity contribution is -0.289. The molecular formula is C19H31F3O2. The van der Waals surface area contributed by atoms with E-state index in [4.69, 9.17) is 4.74 Å². The fraction of sp³-hybridized carbons (Fsp3) is 0.895. The molecule has 0 aromatic rings. The second kappa shape index (κ2) is 7.77. The molecule has 2 bridgehead atoms. The normalized spacial score (nSPS) is 31.3. The first-order valence-corrected chi connectivity index (χ1v) is 9.14. The van der Waals surface area contributed by atoms with Crippen LogP contribution in [0.1, 0.15) is 65.2 Å². The predicted molar refractivity (Wildman–Crippen MR) is 88.6 cm³/mol. The Bertz CT molecular complexity index is 419. The lowest BCUT2D eigenvalue weighted by Crippen LogP contribution is -2.53. The molecule has 0 radical (unpaired) electrons. The fourth-order valence-corrected chi connectivity index (χ4v) is 4.44. The summed E-state index contributed by atoms with van der Waals surface area (Å²) in [5.41, 5.74) is -2.17.